The second-order valence-electron chi connectivity index (χ2n) is 4.16. The molecule has 2 aromatic rings. The number of ether oxygens (including phenoxy) is 1. The summed E-state index contributed by atoms with van der Waals surface area (Å²) in [5.74, 6) is 6.57. The summed E-state index contributed by atoms with van der Waals surface area (Å²) in [7, 11) is 0. The lowest BCUT2D eigenvalue weighted by molar-refractivity contribution is 0.339. The van der Waals surface area contributed by atoms with Crippen molar-refractivity contribution in [3.8, 4) is 5.75 Å². The Labute approximate surface area is 125 Å². The monoisotopic (exact) mass is 340 g/mol. The Morgan fingerprint density at radius 2 is 2.26 bits per heavy atom. The van der Waals surface area contributed by atoms with Gasteiger partial charge in [-0.25, -0.2) is 0 Å². The molecule has 0 bridgehead atoms. The second kappa shape index (κ2) is 7.05. The summed E-state index contributed by atoms with van der Waals surface area (Å²) in [4.78, 5) is 1.29. The topological polar surface area (TPSA) is 47.3 Å². The van der Waals surface area contributed by atoms with Gasteiger partial charge in [-0.15, -0.1) is 11.3 Å². The molecule has 3 N–H and O–H groups in total. The molecule has 2 rings (SSSR count). The average molecular weight is 341 g/mol. The minimum absolute atomic E-state index is 0.0888. The maximum atomic E-state index is 5.69. The van der Waals surface area contributed by atoms with Gasteiger partial charge in [0.05, 0.1) is 12.6 Å². The molecular formula is C14H17BrN2OS. The third kappa shape index (κ3) is 4.04. The molecule has 0 aliphatic carbocycles. The highest BCUT2D eigenvalue weighted by molar-refractivity contribution is 9.10. The first kappa shape index (κ1) is 14.5. The SMILES string of the molecule is CCOc1cccc(C(Cc2cc(Br)cs2)NN)c1. The van der Waals surface area contributed by atoms with Crippen molar-refractivity contribution >= 4 is 27.3 Å². The highest BCUT2D eigenvalue weighted by Crippen LogP contribution is 2.26. The number of thiophene rings is 1. The van der Waals surface area contributed by atoms with Crippen molar-refractivity contribution < 1.29 is 4.74 Å². The number of rotatable bonds is 6. The van der Waals surface area contributed by atoms with Gasteiger partial charge in [0.15, 0.2) is 0 Å². The summed E-state index contributed by atoms with van der Waals surface area (Å²) in [5.41, 5.74) is 4.02. The van der Waals surface area contributed by atoms with Crippen LogP contribution in [-0.2, 0) is 6.42 Å². The molecule has 1 aromatic carbocycles. The normalized spacial score (nSPS) is 12.4. The van der Waals surface area contributed by atoms with Crippen molar-refractivity contribution in [3.63, 3.8) is 0 Å². The lowest BCUT2D eigenvalue weighted by Gasteiger charge is -2.16. The Kier molecular flexibility index (Phi) is 5.39. The molecule has 3 nitrogen and oxygen atoms in total. The summed E-state index contributed by atoms with van der Waals surface area (Å²) in [5, 5.41) is 2.08. The highest BCUT2D eigenvalue weighted by Gasteiger charge is 2.12. The third-order valence-corrected chi connectivity index (χ3v) is 4.52. The van der Waals surface area contributed by atoms with Gasteiger partial charge in [0.25, 0.3) is 0 Å². The fraction of sp³-hybridized carbons (Fsp3) is 0.286. The largest absolute Gasteiger partial charge is 0.494 e. The van der Waals surface area contributed by atoms with Crippen LogP contribution in [-0.4, -0.2) is 6.61 Å². The zero-order chi connectivity index (χ0) is 13.7. The van der Waals surface area contributed by atoms with Gasteiger partial charge in [-0.3, -0.25) is 11.3 Å². The van der Waals surface area contributed by atoms with Crippen LogP contribution in [0.4, 0.5) is 0 Å². The van der Waals surface area contributed by atoms with Crippen LogP contribution in [0, 0.1) is 0 Å². The van der Waals surface area contributed by atoms with E-state index >= 15 is 0 Å². The Morgan fingerprint density at radius 1 is 1.42 bits per heavy atom. The molecule has 1 atom stereocenters. The molecule has 0 amide bonds. The first-order valence-corrected chi connectivity index (χ1v) is 7.82. The van der Waals surface area contributed by atoms with E-state index < -0.39 is 0 Å². The quantitative estimate of drug-likeness (QED) is 0.623. The van der Waals surface area contributed by atoms with Gasteiger partial charge in [0.1, 0.15) is 5.75 Å². The molecule has 0 fully saturated rings. The van der Waals surface area contributed by atoms with E-state index in [-0.39, 0.29) is 6.04 Å². The van der Waals surface area contributed by atoms with Crippen LogP contribution in [0.5, 0.6) is 5.75 Å². The summed E-state index contributed by atoms with van der Waals surface area (Å²) in [6.45, 7) is 2.65. The molecule has 0 radical (unpaired) electrons. The predicted octanol–water partition coefficient (Wildman–Crippen LogP) is 3.66. The lowest BCUT2D eigenvalue weighted by Crippen LogP contribution is -2.29. The second-order valence-corrected chi connectivity index (χ2v) is 6.07. The summed E-state index contributed by atoms with van der Waals surface area (Å²) < 4.78 is 6.64. The molecule has 0 saturated carbocycles. The van der Waals surface area contributed by atoms with Gasteiger partial charge >= 0.3 is 0 Å². The van der Waals surface area contributed by atoms with Gasteiger partial charge in [0.2, 0.25) is 0 Å². The minimum atomic E-state index is 0.0888. The van der Waals surface area contributed by atoms with E-state index in [0.717, 1.165) is 22.2 Å². The molecule has 19 heavy (non-hydrogen) atoms. The Morgan fingerprint density at radius 3 is 2.89 bits per heavy atom. The molecule has 0 aliphatic rings. The van der Waals surface area contributed by atoms with Gasteiger partial charge in [-0.05, 0) is 46.6 Å². The molecule has 1 heterocycles. The minimum Gasteiger partial charge on any atom is -0.494 e. The van der Waals surface area contributed by atoms with Crippen molar-refractivity contribution in [2.24, 2.45) is 5.84 Å². The van der Waals surface area contributed by atoms with Gasteiger partial charge in [-0.2, -0.15) is 0 Å². The van der Waals surface area contributed by atoms with Crippen LogP contribution in [0.1, 0.15) is 23.4 Å². The Bertz CT molecular complexity index is 530. The zero-order valence-electron chi connectivity index (χ0n) is 10.7. The molecular weight excluding hydrogens is 324 g/mol. The van der Waals surface area contributed by atoms with Crippen molar-refractivity contribution in [2.75, 3.05) is 6.61 Å². The smallest absolute Gasteiger partial charge is 0.119 e. The van der Waals surface area contributed by atoms with Gasteiger partial charge < -0.3 is 4.74 Å². The van der Waals surface area contributed by atoms with E-state index in [1.165, 1.54) is 4.88 Å². The van der Waals surface area contributed by atoms with Crippen molar-refractivity contribution in [3.05, 3.63) is 50.6 Å². The average Bonchev–Trinajstić information content (AvgIpc) is 2.82. The molecule has 0 aliphatic heterocycles. The van der Waals surface area contributed by atoms with E-state index in [1.807, 2.05) is 25.1 Å². The predicted molar refractivity (Wildman–Crippen MR) is 83.4 cm³/mol. The number of halogens is 1. The van der Waals surface area contributed by atoms with Crippen LogP contribution < -0.4 is 16.0 Å². The van der Waals surface area contributed by atoms with Crippen molar-refractivity contribution in [1.29, 1.82) is 0 Å². The molecule has 5 heteroatoms. The number of hydrogen-bond donors (Lipinski definition) is 2. The van der Waals surface area contributed by atoms with E-state index in [1.54, 1.807) is 11.3 Å². The summed E-state index contributed by atoms with van der Waals surface area (Å²) in [6, 6.07) is 10.3. The Hall–Kier alpha value is -0.880. The molecule has 0 saturated heterocycles. The van der Waals surface area contributed by atoms with E-state index in [2.05, 4.69) is 38.9 Å². The zero-order valence-corrected chi connectivity index (χ0v) is 13.1. The van der Waals surface area contributed by atoms with Gasteiger partial charge in [-0.1, -0.05) is 12.1 Å². The fourth-order valence-corrected chi connectivity index (χ4v) is 3.42. The van der Waals surface area contributed by atoms with Crippen molar-refractivity contribution in [2.45, 2.75) is 19.4 Å². The first-order chi connectivity index (χ1) is 9.22. The number of hydrazine groups is 1. The van der Waals surface area contributed by atoms with E-state index in [9.17, 15) is 0 Å². The highest BCUT2D eigenvalue weighted by atomic mass is 79.9. The van der Waals surface area contributed by atoms with E-state index in [4.69, 9.17) is 10.6 Å². The fourth-order valence-electron chi connectivity index (χ4n) is 1.92. The lowest BCUT2D eigenvalue weighted by atomic mass is 10.0. The molecule has 0 spiro atoms. The van der Waals surface area contributed by atoms with Gasteiger partial charge in [0, 0.05) is 21.2 Å². The maximum Gasteiger partial charge on any atom is 0.119 e. The number of nitrogens with one attached hydrogen (secondary N) is 1. The number of benzene rings is 1. The standard InChI is InChI=1S/C14H17BrN2OS/c1-2-18-12-5-3-4-10(6-12)14(17-16)8-13-7-11(15)9-19-13/h3-7,9,14,17H,2,8,16H2,1H3. The van der Waals surface area contributed by atoms with E-state index in [0.29, 0.717) is 6.61 Å². The van der Waals surface area contributed by atoms with Crippen LogP contribution in [0.15, 0.2) is 40.2 Å². The number of hydrogen-bond acceptors (Lipinski definition) is 4. The number of nitrogens with two attached hydrogens (primary N) is 1. The summed E-state index contributed by atoms with van der Waals surface area (Å²) >= 11 is 5.20. The Balaban J connectivity index is 2.14. The van der Waals surface area contributed by atoms with Crippen molar-refractivity contribution in [1.82, 2.24) is 5.43 Å². The van der Waals surface area contributed by atoms with Crippen LogP contribution in [0.25, 0.3) is 0 Å². The van der Waals surface area contributed by atoms with Crippen LogP contribution in [0.2, 0.25) is 0 Å². The molecule has 1 unspecified atom stereocenters. The first-order valence-electron chi connectivity index (χ1n) is 6.14. The van der Waals surface area contributed by atoms with Crippen LogP contribution >= 0.6 is 27.3 Å². The third-order valence-electron chi connectivity index (χ3n) is 2.80. The van der Waals surface area contributed by atoms with Crippen LogP contribution in [0.3, 0.4) is 0 Å². The molecule has 1 aromatic heterocycles. The summed E-state index contributed by atoms with van der Waals surface area (Å²) in [6.07, 6.45) is 0.863. The molecule has 102 valence electrons. The maximum absolute atomic E-state index is 5.69.